The van der Waals surface area contributed by atoms with E-state index in [9.17, 15) is 19.2 Å². The lowest BCUT2D eigenvalue weighted by Gasteiger charge is -2.34. The minimum Gasteiger partial charge on any atom is -0.269 e. The van der Waals surface area contributed by atoms with Gasteiger partial charge >= 0.3 is 0 Å². The molecule has 256 valence electrons. The number of hydrogen-bond donors (Lipinski definition) is 0. The highest BCUT2D eigenvalue weighted by Crippen LogP contribution is 2.47. The van der Waals surface area contributed by atoms with Crippen molar-refractivity contribution in [2.24, 2.45) is 0 Å². The average molecular weight is 699 g/mol. The SMILES string of the molecule is C[C@H](c1ccc2ccccc2c1)N1C(=O)c2ccc3c4ccc5c6c(ccc(c7ccc(c2c37)C1=O)c64)C(=O)N([C@H](C)c1ccc2ccccc2c1)C5=O. The van der Waals surface area contributed by atoms with Crippen LogP contribution in [0, 0.1) is 0 Å². The fraction of sp³-hybridized carbons (Fsp3) is 0.0833. The molecule has 2 atom stereocenters. The van der Waals surface area contributed by atoms with Crippen molar-refractivity contribution < 1.29 is 19.2 Å². The zero-order chi connectivity index (χ0) is 36.6. The third-order valence-corrected chi connectivity index (χ3v) is 12.0. The number of imide groups is 2. The first-order chi connectivity index (χ1) is 26.3. The molecule has 2 aliphatic rings. The zero-order valence-electron chi connectivity index (χ0n) is 29.4. The first-order valence-electron chi connectivity index (χ1n) is 18.2. The summed E-state index contributed by atoms with van der Waals surface area (Å²) >= 11 is 0. The van der Waals surface area contributed by atoms with Crippen molar-refractivity contribution >= 4 is 88.3 Å². The van der Waals surface area contributed by atoms with Gasteiger partial charge in [-0.3, -0.25) is 29.0 Å². The quantitative estimate of drug-likeness (QED) is 0.104. The Morgan fingerprint density at radius 1 is 0.352 bits per heavy atom. The monoisotopic (exact) mass is 698 g/mol. The summed E-state index contributed by atoms with van der Waals surface area (Å²) in [7, 11) is 0. The van der Waals surface area contributed by atoms with Crippen LogP contribution in [-0.4, -0.2) is 33.4 Å². The third kappa shape index (κ3) is 3.94. The van der Waals surface area contributed by atoms with E-state index in [0.29, 0.717) is 33.0 Å². The number of hydrogen-bond acceptors (Lipinski definition) is 4. The van der Waals surface area contributed by atoms with Crippen LogP contribution >= 0.6 is 0 Å². The molecule has 0 fully saturated rings. The van der Waals surface area contributed by atoms with Gasteiger partial charge in [0.25, 0.3) is 23.6 Å². The van der Waals surface area contributed by atoms with Gasteiger partial charge in [-0.15, -0.1) is 0 Å². The van der Waals surface area contributed by atoms with Crippen molar-refractivity contribution in [1.29, 1.82) is 0 Å². The summed E-state index contributed by atoms with van der Waals surface area (Å²) in [5.74, 6) is -1.32. The van der Waals surface area contributed by atoms with Crippen LogP contribution in [0.4, 0.5) is 0 Å². The van der Waals surface area contributed by atoms with Gasteiger partial charge in [0.05, 0.1) is 12.1 Å². The van der Waals surface area contributed by atoms with Crippen LogP contribution in [0.1, 0.15) is 78.5 Å². The van der Waals surface area contributed by atoms with Gasteiger partial charge in [0.2, 0.25) is 0 Å². The summed E-state index contributed by atoms with van der Waals surface area (Å²) in [4.78, 5) is 60.1. The molecule has 6 nitrogen and oxygen atoms in total. The van der Waals surface area contributed by atoms with Crippen LogP contribution in [0.5, 0.6) is 0 Å². The van der Waals surface area contributed by atoms with E-state index >= 15 is 0 Å². The normalized spacial score (nSPS) is 15.5. The standard InChI is InChI=1S/C48H30N2O4/c1-25(29-13-11-27-7-3-5-9-31(27)23-29)49-45(51)37-19-15-33-35-17-21-39-44-40(22-18-36(42(35)44)34-16-20-38(46(49)52)43(37)41(33)34)48(54)50(47(39)53)26(2)30-14-12-28-8-4-6-10-32(28)24-30/h3-26H,1-2H3/t25-,26-/m1/s1. The Morgan fingerprint density at radius 2 is 0.667 bits per heavy atom. The molecular formula is C48H30N2O4. The maximum Gasteiger partial charge on any atom is 0.261 e. The number of rotatable bonds is 4. The number of carbonyl (C=O) groups is 4. The molecule has 11 rings (SSSR count). The van der Waals surface area contributed by atoms with E-state index in [1.165, 1.54) is 9.80 Å². The predicted molar refractivity (Wildman–Crippen MR) is 213 cm³/mol. The number of amides is 4. The summed E-state index contributed by atoms with van der Waals surface area (Å²) in [6, 6.07) is 42.3. The molecule has 0 aliphatic carbocycles. The minimum atomic E-state index is -0.486. The second kappa shape index (κ2) is 10.8. The first-order valence-corrected chi connectivity index (χ1v) is 18.2. The molecule has 9 aromatic rings. The number of benzene rings is 9. The highest BCUT2D eigenvalue weighted by Gasteiger charge is 2.40. The molecule has 0 N–H and O–H groups in total. The smallest absolute Gasteiger partial charge is 0.261 e. The van der Waals surface area contributed by atoms with Gasteiger partial charge < -0.3 is 0 Å². The van der Waals surface area contributed by atoms with Crippen molar-refractivity contribution in [1.82, 2.24) is 9.80 Å². The fourth-order valence-electron chi connectivity index (χ4n) is 9.24. The van der Waals surface area contributed by atoms with Gasteiger partial charge in [-0.2, -0.15) is 0 Å². The number of nitrogens with zero attached hydrogens (tertiary/aromatic N) is 2. The lowest BCUT2D eigenvalue weighted by molar-refractivity contribution is 0.0534. The molecule has 2 aliphatic heterocycles. The molecule has 0 bridgehead atoms. The largest absolute Gasteiger partial charge is 0.269 e. The van der Waals surface area contributed by atoms with Crippen molar-refractivity contribution in [3.8, 4) is 0 Å². The highest BCUT2D eigenvalue weighted by molar-refractivity contribution is 6.41. The second-order valence-corrected chi connectivity index (χ2v) is 14.7. The summed E-state index contributed by atoms with van der Waals surface area (Å²) in [6.07, 6.45) is 0. The Hall–Kier alpha value is -6.92. The maximum atomic E-state index is 14.3. The van der Waals surface area contributed by atoms with Crippen LogP contribution < -0.4 is 0 Å². The Bertz CT molecular complexity index is 2860. The van der Waals surface area contributed by atoms with Crippen molar-refractivity contribution in [2.45, 2.75) is 25.9 Å². The Morgan fingerprint density at radius 3 is 1.00 bits per heavy atom. The molecule has 0 aromatic heterocycles. The fourth-order valence-corrected chi connectivity index (χ4v) is 9.24. The lowest BCUT2D eigenvalue weighted by atomic mass is 9.82. The van der Waals surface area contributed by atoms with Gasteiger partial charge in [0.15, 0.2) is 0 Å². The molecule has 0 unspecified atom stereocenters. The highest BCUT2D eigenvalue weighted by atomic mass is 16.2. The maximum absolute atomic E-state index is 14.3. The summed E-state index contributed by atoms with van der Waals surface area (Å²) in [5.41, 5.74) is 3.69. The minimum absolute atomic E-state index is 0.329. The van der Waals surface area contributed by atoms with Crippen molar-refractivity contribution in [3.63, 3.8) is 0 Å². The molecule has 0 saturated carbocycles. The molecule has 4 amide bonds. The van der Waals surface area contributed by atoms with Gasteiger partial charge in [0, 0.05) is 33.0 Å². The molecular weight excluding hydrogens is 669 g/mol. The zero-order valence-corrected chi connectivity index (χ0v) is 29.4. The Balaban J connectivity index is 1.05. The molecule has 9 aromatic carbocycles. The van der Waals surface area contributed by atoms with Crippen LogP contribution in [0.15, 0.2) is 133 Å². The molecule has 0 radical (unpaired) electrons. The summed E-state index contributed by atoms with van der Waals surface area (Å²) in [6.45, 7) is 3.80. The average Bonchev–Trinajstić information content (AvgIpc) is 3.20. The second-order valence-electron chi connectivity index (χ2n) is 14.7. The third-order valence-electron chi connectivity index (χ3n) is 12.0. The molecule has 6 heteroatoms. The van der Waals surface area contributed by atoms with E-state index in [2.05, 4.69) is 0 Å². The number of fused-ring (bicyclic) bond motifs is 4. The van der Waals surface area contributed by atoms with E-state index in [0.717, 1.165) is 65.0 Å². The van der Waals surface area contributed by atoms with E-state index < -0.39 is 12.1 Å². The van der Waals surface area contributed by atoms with E-state index in [1.54, 1.807) is 0 Å². The lowest BCUT2D eigenvalue weighted by Crippen LogP contribution is -2.42. The first kappa shape index (κ1) is 30.7. The van der Waals surface area contributed by atoms with Gasteiger partial charge in [0.1, 0.15) is 0 Å². The van der Waals surface area contributed by atoms with Gasteiger partial charge in [-0.05, 0) is 115 Å². The molecule has 0 spiro atoms. The topological polar surface area (TPSA) is 74.8 Å². The van der Waals surface area contributed by atoms with Crippen LogP contribution in [0.25, 0.3) is 64.6 Å². The van der Waals surface area contributed by atoms with Crippen LogP contribution in [0.3, 0.4) is 0 Å². The van der Waals surface area contributed by atoms with E-state index in [-0.39, 0.29) is 23.6 Å². The molecule has 54 heavy (non-hydrogen) atoms. The Labute approximate surface area is 309 Å². The summed E-state index contributed by atoms with van der Waals surface area (Å²) in [5, 5.41) is 10.7. The van der Waals surface area contributed by atoms with Crippen LogP contribution in [-0.2, 0) is 0 Å². The molecule has 2 heterocycles. The molecule has 0 saturated heterocycles. The van der Waals surface area contributed by atoms with Crippen LogP contribution in [0.2, 0.25) is 0 Å². The Kier molecular flexibility index (Phi) is 6.14. The van der Waals surface area contributed by atoms with Crippen molar-refractivity contribution in [3.05, 3.63) is 167 Å². The van der Waals surface area contributed by atoms with Crippen molar-refractivity contribution in [2.75, 3.05) is 0 Å². The summed E-state index contributed by atoms with van der Waals surface area (Å²) < 4.78 is 0. The predicted octanol–water partition coefficient (Wildman–Crippen LogP) is 10.8. The van der Waals surface area contributed by atoms with E-state index in [1.807, 2.05) is 147 Å². The van der Waals surface area contributed by atoms with E-state index in [4.69, 9.17) is 0 Å². The van der Waals surface area contributed by atoms with Gasteiger partial charge in [-0.25, -0.2) is 0 Å². The number of carbonyl (C=O) groups excluding carboxylic acids is 4. The van der Waals surface area contributed by atoms with Gasteiger partial charge in [-0.1, -0.05) is 97.1 Å².